The summed E-state index contributed by atoms with van der Waals surface area (Å²) in [4.78, 5) is 10.8. The van der Waals surface area contributed by atoms with Gasteiger partial charge in [0, 0.05) is 12.5 Å². The number of esters is 1. The van der Waals surface area contributed by atoms with Crippen molar-refractivity contribution in [2.24, 2.45) is 11.8 Å². The summed E-state index contributed by atoms with van der Waals surface area (Å²) in [6, 6.07) is 0. The number of aliphatic hydroxyl groups excluding tert-OH is 1. The Bertz CT molecular complexity index is 133. The van der Waals surface area contributed by atoms with Gasteiger partial charge in [0.05, 0.1) is 12.5 Å². The number of aliphatic hydroxyl groups is 1. The van der Waals surface area contributed by atoms with Gasteiger partial charge in [0.1, 0.15) is 0 Å². The van der Waals surface area contributed by atoms with Crippen LogP contribution in [0.5, 0.6) is 0 Å². The van der Waals surface area contributed by atoms with E-state index < -0.39 is 0 Å². The SMILES string of the molecule is CCC1C(=O)OCC1CO. The molecular formula is C7H12O3. The van der Waals surface area contributed by atoms with Crippen LogP contribution in [-0.2, 0) is 9.53 Å². The molecule has 1 rings (SSSR count). The molecule has 2 unspecified atom stereocenters. The first-order chi connectivity index (χ1) is 4.79. The molecule has 10 heavy (non-hydrogen) atoms. The van der Waals surface area contributed by atoms with Gasteiger partial charge in [-0.15, -0.1) is 0 Å². The minimum Gasteiger partial charge on any atom is -0.465 e. The van der Waals surface area contributed by atoms with Crippen molar-refractivity contribution < 1.29 is 14.6 Å². The molecule has 1 aliphatic rings. The summed E-state index contributed by atoms with van der Waals surface area (Å²) in [7, 11) is 0. The zero-order valence-corrected chi connectivity index (χ0v) is 6.04. The van der Waals surface area contributed by atoms with Crippen molar-refractivity contribution in [3.05, 3.63) is 0 Å². The Labute approximate surface area is 60.0 Å². The fraction of sp³-hybridized carbons (Fsp3) is 0.857. The molecule has 1 saturated heterocycles. The highest BCUT2D eigenvalue weighted by atomic mass is 16.5. The lowest BCUT2D eigenvalue weighted by molar-refractivity contribution is -0.141. The minimum absolute atomic E-state index is 0.0394. The van der Waals surface area contributed by atoms with Crippen LogP contribution in [-0.4, -0.2) is 24.3 Å². The summed E-state index contributed by atoms with van der Waals surface area (Å²) in [5.41, 5.74) is 0. The molecule has 1 aliphatic heterocycles. The molecule has 3 nitrogen and oxygen atoms in total. The smallest absolute Gasteiger partial charge is 0.309 e. The normalized spacial score (nSPS) is 32.4. The van der Waals surface area contributed by atoms with E-state index in [1.807, 2.05) is 6.92 Å². The maximum absolute atomic E-state index is 10.8. The predicted octanol–water partition coefficient (Wildman–Crippen LogP) is 0.178. The number of hydrogen-bond acceptors (Lipinski definition) is 3. The molecule has 1 heterocycles. The van der Waals surface area contributed by atoms with E-state index in [0.29, 0.717) is 6.61 Å². The summed E-state index contributed by atoms with van der Waals surface area (Å²) < 4.78 is 4.76. The van der Waals surface area contributed by atoms with Gasteiger partial charge in [0.25, 0.3) is 0 Å². The van der Waals surface area contributed by atoms with Gasteiger partial charge in [0.15, 0.2) is 0 Å². The van der Waals surface area contributed by atoms with Gasteiger partial charge in [-0.3, -0.25) is 4.79 Å². The van der Waals surface area contributed by atoms with E-state index in [-0.39, 0.29) is 24.4 Å². The molecule has 0 aromatic carbocycles. The molecule has 0 bridgehead atoms. The van der Waals surface area contributed by atoms with Crippen molar-refractivity contribution in [2.75, 3.05) is 13.2 Å². The third-order valence-corrected chi connectivity index (χ3v) is 1.99. The second-order valence-electron chi connectivity index (χ2n) is 2.59. The topological polar surface area (TPSA) is 46.5 Å². The van der Waals surface area contributed by atoms with E-state index in [9.17, 15) is 4.79 Å². The highest BCUT2D eigenvalue weighted by molar-refractivity contribution is 5.74. The van der Waals surface area contributed by atoms with Gasteiger partial charge < -0.3 is 9.84 Å². The highest BCUT2D eigenvalue weighted by Gasteiger charge is 2.34. The zero-order chi connectivity index (χ0) is 7.56. The summed E-state index contributed by atoms with van der Waals surface area (Å²) in [5.74, 6) is -0.177. The standard InChI is InChI=1S/C7H12O3/c1-2-6-5(3-8)4-10-7(6)9/h5-6,8H,2-4H2,1H3. The van der Waals surface area contributed by atoms with Crippen LogP contribution in [0.4, 0.5) is 0 Å². The van der Waals surface area contributed by atoms with E-state index in [1.54, 1.807) is 0 Å². The van der Waals surface area contributed by atoms with Crippen LogP contribution < -0.4 is 0 Å². The number of hydrogen-bond donors (Lipinski definition) is 1. The largest absolute Gasteiger partial charge is 0.465 e. The number of cyclic esters (lactones) is 1. The van der Waals surface area contributed by atoms with Gasteiger partial charge in [-0.1, -0.05) is 6.92 Å². The van der Waals surface area contributed by atoms with Crippen LogP contribution in [0.3, 0.4) is 0 Å². The molecule has 0 saturated carbocycles. The van der Waals surface area contributed by atoms with Crippen molar-refractivity contribution in [3.8, 4) is 0 Å². The van der Waals surface area contributed by atoms with Crippen LogP contribution in [0.2, 0.25) is 0 Å². The molecule has 0 aromatic rings. The molecule has 58 valence electrons. The number of carbonyl (C=O) groups is 1. The second kappa shape index (κ2) is 3.01. The lowest BCUT2D eigenvalue weighted by atomic mass is 9.94. The second-order valence-corrected chi connectivity index (χ2v) is 2.59. The molecule has 3 heteroatoms. The van der Waals surface area contributed by atoms with Crippen molar-refractivity contribution in [1.29, 1.82) is 0 Å². The molecule has 0 aromatic heterocycles. The van der Waals surface area contributed by atoms with Crippen LogP contribution >= 0.6 is 0 Å². The van der Waals surface area contributed by atoms with Crippen molar-refractivity contribution in [1.82, 2.24) is 0 Å². The quantitative estimate of drug-likeness (QED) is 0.562. The van der Waals surface area contributed by atoms with Gasteiger partial charge in [0.2, 0.25) is 0 Å². The number of ether oxygens (including phenoxy) is 1. The van der Waals surface area contributed by atoms with E-state index in [4.69, 9.17) is 9.84 Å². The third-order valence-electron chi connectivity index (χ3n) is 1.99. The van der Waals surface area contributed by atoms with E-state index in [1.165, 1.54) is 0 Å². The van der Waals surface area contributed by atoms with Gasteiger partial charge in [-0.05, 0) is 6.42 Å². The summed E-state index contributed by atoms with van der Waals surface area (Å²) in [6.45, 7) is 2.39. The molecule has 0 amide bonds. The van der Waals surface area contributed by atoms with E-state index in [2.05, 4.69) is 0 Å². The Morgan fingerprint density at radius 3 is 2.90 bits per heavy atom. The Morgan fingerprint density at radius 1 is 1.80 bits per heavy atom. The molecule has 1 fully saturated rings. The first kappa shape index (κ1) is 7.54. The highest BCUT2D eigenvalue weighted by Crippen LogP contribution is 2.23. The van der Waals surface area contributed by atoms with Gasteiger partial charge in [-0.25, -0.2) is 0 Å². The van der Waals surface area contributed by atoms with Gasteiger partial charge in [-0.2, -0.15) is 0 Å². The van der Waals surface area contributed by atoms with E-state index in [0.717, 1.165) is 6.42 Å². The summed E-state index contributed by atoms with van der Waals surface area (Å²) in [5, 5.41) is 8.75. The summed E-state index contributed by atoms with van der Waals surface area (Å²) >= 11 is 0. The van der Waals surface area contributed by atoms with Crippen LogP contribution in [0, 0.1) is 11.8 Å². The van der Waals surface area contributed by atoms with Crippen molar-refractivity contribution >= 4 is 5.97 Å². The molecule has 2 atom stereocenters. The van der Waals surface area contributed by atoms with E-state index >= 15 is 0 Å². The molecule has 0 spiro atoms. The maximum Gasteiger partial charge on any atom is 0.309 e. The Balaban J connectivity index is 2.54. The molecule has 1 N–H and O–H groups in total. The Kier molecular flexibility index (Phi) is 2.27. The van der Waals surface area contributed by atoms with Crippen LogP contribution in [0.1, 0.15) is 13.3 Å². The third kappa shape index (κ3) is 1.14. The molecule has 0 aliphatic carbocycles. The van der Waals surface area contributed by atoms with Crippen molar-refractivity contribution in [3.63, 3.8) is 0 Å². The average molecular weight is 144 g/mol. The zero-order valence-electron chi connectivity index (χ0n) is 6.04. The summed E-state index contributed by atoms with van der Waals surface area (Å²) in [6.07, 6.45) is 0.768. The Hall–Kier alpha value is -0.570. The molecule has 0 radical (unpaired) electrons. The Morgan fingerprint density at radius 2 is 2.50 bits per heavy atom. The van der Waals surface area contributed by atoms with Gasteiger partial charge >= 0.3 is 5.97 Å². The fourth-order valence-corrected chi connectivity index (χ4v) is 1.28. The number of rotatable bonds is 2. The molecular weight excluding hydrogens is 132 g/mol. The predicted molar refractivity (Wildman–Crippen MR) is 35.3 cm³/mol. The number of carbonyl (C=O) groups excluding carboxylic acids is 1. The fourth-order valence-electron chi connectivity index (χ4n) is 1.28. The monoisotopic (exact) mass is 144 g/mol. The van der Waals surface area contributed by atoms with Crippen LogP contribution in [0.15, 0.2) is 0 Å². The lowest BCUT2D eigenvalue weighted by Crippen LogP contribution is -2.17. The average Bonchev–Trinajstić information content (AvgIpc) is 2.30. The lowest BCUT2D eigenvalue weighted by Gasteiger charge is -2.07. The maximum atomic E-state index is 10.8. The van der Waals surface area contributed by atoms with Crippen molar-refractivity contribution in [2.45, 2.75) is 13.3 Å². The minimum atomic E-state index is -0.151. The first-order valence-corrected chi connectivity index (χ1v) is 3.57. The van der Waals surface area contributed by atoms with Crippen LogP contribution in [0.25, 0.3) is 0 Å². The first-order valence-electron chi connectivity index (χ1n) is 3.57.